The number of nitrogens with zero attached hydrogens (tertiary/aromatic N) is 2. The molecule has 0 saturated carbocycles. The molecule has 4 nitrogen and oxygen atoms in total. The molecule has 0 aliphatic heterocycles. The largest absolute Gasteiger partial charge is 0.491 e. The lowest BCUT2D eigenvalue weighted by molar-refractivity contribution is 0.242. The van der Waals surface area contributed by atoms with Gasteiger partial charge < -0.3 is 10.1 Å². The van der Waals surface area contributed by atoms with Crippen LogP contribution in [0.4, 0.5) is 5.82 Å². The number of aromatic nitrogens is 2. The van der Waals surface area contributed by atoms with Crippen molar-refractivity contribution >= 4 is 5.82 Å². The summed E-state index contributed by atoms with van der Waals surface area (Å²) < 4.78 is 5.75. The lowest BCUT2D eigenvalue weighted by atomic mass is 10.1. The molecule has 1 heterocycles. The third kappa shape index (κ3) is 4.18. The molecular formula is C17H23N3O. The van der Waals surface area contributed by atoms with Crippen LogP contribution in [0.3, 0.4) is 0 Å². The molecule has 1 aromatic heterocycles. The van der Waals surface area contributed by atoms with Gasteiger partial charge in [0.15, 0.2) is 0 Å². The maximum absolute atomic E-state index is 5.75. The summed E-state index contributed by atoms with van der Waals surface area (Å²) in [6.07, 6.45) is 0.975. The van der Waals surface area contributed by atoms with Crippen molar-refractivity contribution in [3.8, 4) is 17.0 Å². The highest BCUT2D eigenvalue weighted by Crippen LogP contribution is 2.24. The van der Waals surface area contributed by atoms with E-state index in [-0.39, 0.29) is 6.10 Å². The maximum Gasteiger partial charge on any atom is 0.131 e. The highest BCUT2D eigenvalue weighted by atomic mass is 16.5. The number of aryl methyl sites for hydroxylation is 1. The summed E-state index contributed by atoms with van der Waals surface area (Å²) in [6.45, 7) is 9.01. The molecular weight excluding hydrogens is 262 g/mol. The fourth-order valence-electron chi connectivity index (χ4n) is 2.08. The number of anilines is 1. The Morgan fingerprint density at radius 1 is 1.14 bits per heavy atom. The Bertz CT molecular complexity index is 596. The second-order valence-electron chi connectivity index (χ2n) is 5.13. The van der Waals surface area contributed by atoms with Crippen LogP contribution in [-0.2, 0) is 6.42 Å². The van der Waals surface area contributed by atoms with Gasteiger partial charge in [-0.3, -0.25) is 0 Å². The molecule has 112 valence electrons. The SMILES string of the molecule is CCNc1cc(-c2cccc(OC(C)C)c2)nc(CC)n1. The van der Waals surface area contributed by atoms with Gasteiger partial charge in [-0.15, -0.1) is 0 Å². The molecule has 0 aliphatic rings. The number of hydrogen-bond donors (Lipinski definition) is 1. The summed E-state index contributed by atoms with van der Waals surface area (Å²) in [5.41, 5.74) is 1.97. The number of rotatable bonds is 6. The van der Waals surface area contributed by atoms with Crippen molar-refractivity contribution in [1.29, 1.82) is 0 Å². The minimum Gasteiger partial charge on any atom is -0.491 e. The van der Waals surface area contributed by atoms with Gasteiger partial charge in [-0.1, -0.05) is 19.1 Å². The predicted molar refractivity (Wildman–Crippen MR) is 86.8 cm³/mol. The van der Waals surface area contributed by atoms with E-state index < -0.39 is 0 Å². The van der Waals surface area contributed by atoms with Crippen LogP contribution >= 0.6 is 0 Å². The van der Waals surface area contributed by atoms with Gasteiger partial charge in [0, 0.05) is 24.6 Å². The van der Waals surface area contributed by atoms with E-state index in [4.69, 9.17) is 4.74 Å². The van der Waals surface area contributed by atoms with Crippen molar-refractivity contribution in [2.24, 2.45) is 0 Å². The van der Waals surface area contributed by atoms with Gasteiger partial charge in [-0.05, 0) is 32.9 Å². The Kier molecular flexibility index (Phi) is 5.14. The molecule has 2 aromatic rings. The lowest BCUT2D eigenvalue weighted by Gasteiger charge is -2.12. The zero-order valence-electron chi connectivity index (χ0n) is 13.2. The molecule has 0 spiro atoms. The topological polar surface area (TPSA) is 47.0 Å². The lowest BCUT2D eigenvalue weighted by Crippen LogP contribution is -2.06. The first-order chi connectivity index (χ1) is 10.1. The van der Waals surface area contributed by atoms with E-state index in [1.165, 1.54) is 0 Å². The van der Waals surface area contributed by atoms with Gasteiger partial charge >= 0.3 is 0 Å². The monoisotopic (exact) mass is 285 g/mol. The van der Waals surface area contributed by atoms with Crippen LogP contribution in [0.5, 0.6) is 5.75 Å². The highest BCUT2D eigenvalue weighted by molar-refractivity contribution is 5.64. The van der Waals surface area contributed by atoms with Crippen molar-refractivity contribution in [1.82, 2.24) is 9.97 Å². The minimum atomic E-state index is 0.161. The van der Waals surface area contributed by atoms with Crippen molar-refractivity contribution in [2.75, 3.05) is 11.9 Å². The third-order valence-electron chi connectivity index (χ3n) is 2.95. The van der Waals surface area contributed by atoms with Gasteiger partial charge in [0.05, 0.1) is 11.8 Å². The Labute approximate surface area is 126 Å². The van der Waals surface area contributed by atoms with E-state index >= 15 is 0 Å². The molecule has 0 saturated heterocycles. The third-order valence-corrected chi connectivity index (χ3v) is 2.95. The van der Waals surface area contributed by atoms with Crippen LogP contribution in [0, 0.1) is 0 Å². The predicted octanol–water partition coefficient (Wildman–Crippen LogP) is 3.93. The molecule has 0 fully saturated rings. The van der Waals surface area contributed by atoms with Crippen LogP contribution in [0.2, 0.25) is 0 Å². The van der Waals surface area contributed by atoms with Gasteiger partial charge in [-0.2, -0.15) is 0 Å². The van der Waals surface area contributed by atoms with E-state index in [2.05, 4.69) is 29.1 Å². The van der Waals surface area contributed by atoms with E-state index in [0.717, 1.165) is 41.6 Å². The molecule has 0 amide bonds. The van der Waals surface area contributed by atoms with Crippen LogP contribution in [0.15, 0.2) is 30.3 Å². The van der Waals surface area contributed by atoms with E-state index in [9.17, 15) is 0 Å². The summed E-state index contributed by atoms with van der Waals surface area (Å²) in [7, 11) is 0. The number of benzene rings is 1. The molecule has 0 bridgehead atoms. The first-order valence-electron chi connectivity index (χ1n) is 7.51. The summed E-state index contributed by atoms with van der Waals surface area (Å²) in [6, 6.07) is 10.0. The van der Waals surface area contributed by atoms with Crippen molar-refractivity contribution in [3.63, 3.8) is 0 Å². The Morgan fingerprint density at radius 3 is 2.62 bits per heavy atom. The first kappa shape index (κ1) is 15.3. The molecule has 4 heteroatoms. The average molecular weight is 285 g/mol. The molecule has 0 atom stereocenters. The van der Waals surface area contributed by atoms with E-state index in [1.807, 2.05) is 44.2 Å². The summed E-state index contributed by atoms with van der Waals surface area (Å²) in [5, 5.41) is 3.26. The number of hydrogen-bond acceptors (Lipinski definition) is 4. The Balaban J connectivity index is 2.38. The van der Waals surface area contributed by atoms with Gasteiger partial charge in [0.2, 0.25) is 0 Å². The fourth-order valence-corrected chi connectivity index (χ4v) is 2.08. The van der Waals surface area contributed by atoms with Crippen LogP contribution in [0.25, 0.3) is 11.3 Å². The highest BCUT2D eigenvalue weighted by Gasteiger charge is 2.07. The Morgan fingerprint density at radius 2 is 1.95 bits per heavy atom. The molecule has 21 heavy (non-hydrogen) atoms. The molecule has 0 radical (unpaired) electrons. The fraction of sp³-hybridized carbons (Fsp3) is 0.412. The zero-order chi connectivity index (χ0) is 15.2. The quantitative estimate of drug-likeness (QED) is 0.873. The Hall–Kier alpha value is -2.10. The van der Waals surface area contributed by atoms with E-state index in [0.29, 0.717) is 0 Å². The first-order valence-corrected chi connectivity index (χ1v) is 7.51. The van der Waals surface area contributed by atoms with Crippen LogP contribution in [0.1, 0.15) is 33.5 Å². The average Bonchev–Trinajstić information content (AvgIpc) is 2.47. The maximum atomic E-state index is 5.75. The summed E-state index contributed by atoms with van der Waals surface area (Å²) in [5.74, 6) is 2.58. The van der Waals surface area contributed by atoms with Gasteiger partial charge in [-0.25, -0.2) is 9.97 Å². The molecule has 1 aromatic carbocycles. The zero-order valence-corrected chi connectivity index (χ0v) is 13.2. The second-order valence-corrected chi connectivity index (χ2v) is 5.13. The van der Waals surface area contributed by atoms with Gasteiger partial charge in [0.25, 0.3) is 0 Å². The number of nitrogens with one attached hydrogen (secondary N) is 1. The smallest absolute Gasteiger partial charge is 0.131 e. The van der Waals surface area contributed by atoms with Crippen molar-refractivity contribution < 1.29 is 4.74 Å². The molecule has 2 rings (SSSR count). The molecule has 0 aliphatic carbocycles. The normalized spacial score (nSPS) is 10.7. The second kappa shape index (κ2) is 7.07. The van der Waals surface area contributed by atoms with Crippen molar-refractivity contribution in [3.05, 3.63) is 36.2 Å². The molecule has 1 N–H and O–H groups in total. The minimum absolute atomic E-state index is 0.161. The van der Waals surface area contributed by atoms with Crippen LogP contribution < -0.4 is 10.1 Å². The van der Waals surface area contributed by atoms with Crippen molar-refractivity contribution in [2.45, 2.75) is 40.2 Å². The standard InChI is InChI=1S/C17H23N3O/c1-5-16-19-15(11-17(20-16)18-6-2)13-8-7-9-14(10-13)21-12(3)4/h7-12H,5-6H2,1-4H3,(H,18,19,20). The molecule has 0 unspecified atom stereocenters. The number of ether oxygens (including phenoxy) is 1. The summed E-state index contributed by atoms with van der Waals surface area (Å²) >= 11 is 0. The summed E-state index contributed by atoms with van der Waals surface area (Å²) in [4.78, 5) is 9.10. The van der Waals surface area contributed by atoms with Crippen LogP contribution in [-0.4, -0.2) is 22.6 Å². The van der Waals surface area contributed by atoms with E-state index in [1.54, 1.807) is 0 Å². The van der Waals surface area contributed by atoms with Gasteiger partial charge in [0.1, 0.15) is 17.4 Å².